The van der Waals surface area contributed by atoms with Gasteiger partial charge in [-0.05, 0) is 30.4 Å². The molecule has 26 heavy (non-hydrogen) atoms. The zero-order valence-corrected chi connectivity index (χ0v) is 15.1. The molecule has 0 aliphatic carbocycles. The number of amides is 1. The van der Waals surface area contributed by atoms with E-state index >= 15 is 0 Å². The molecule has 2 saturated heterocycles. The number of carbonyl (C=O) groups excluding carboxylic acids is 1. The molecule has 7 nitrogen and oxygen atoms in total. The number of hydrogen-bond acceptors (Lipinski definition) is 7. The molecule has 2 fully saturated rings. The smallest absolute Gasteiger partial charge is 0.265 e. The number of morpholine rings is 1. The first-order chi connectivity index (χ1) is 12.8. The van der Waals surface area contributed by atoms with Crippen LogP contribution in [-0.2, 0) is 4.74 Å². The lowest BCUT2D eigenvalue weighted by Gasteiger charge is -2.32. The topological polar surface area (TPSA) is 82.3 Å². The van der Waals surface area contributed by atoms with E-state index in [9.17, 15) is 4.79 Å². The molecule has 2 aliphatic rings. The molecule has 0 unspecified atom stereocenters. The molecule has 134 valence electrons. The van der Waals surface area contributed by atoms with Crippen molar-refractivity contribution in [1.29, 1.82) is 5.26 Å². The minimum absolute atomic E-state index is 0.112. The van der Waals surface area contributed by atoms with Crippen molar-refractivity contribution in [3.63, 3.8) is 0 Å². The molecule has 0 spiro atoms. The summed E-state index contributed by atoms with van der Waals surface area (Å²) in [6.07, 6.45) is 3.81. The lowest BCUT2D eigenvalue weighted by Crippen LogP contribution is -2.42. The third-order valence-electron chi connectivity index (χ3n) is 4.72. The third kappa shape index (κ3) is 3.28. The van der Waals surface area contributed by atoms with Crippen LogP contribution in [0.4, 0.5) is 5.95 Å². The molecule has 0 N–H and O–H groups in total. The van der Waals surface area contributed by atoms with Gasteiger partial charge in [-0.2, -0.15) is 5.26 Å². The van der Waals surface area contributed by atoms with Gasteiger partial charge in [0.25, 0.3) is 5.91 Å². The standard InChI is InChI=1S/C18H19N5O2S/c19-11-13-4-10-26-16(13)17(24)23-8-9-25-15(12-23)14-3-5-20-18(21-14)22-6-1-2-7-22/h3-5,10,15H,1-2,6-9,12H2/t15-/m1/s1. The average Bonchev–Trinajstić information content (AvgIpc) is 3.39. The molecule has 8 heteroatoms. The molecule has 0 aromatic carbocycles. The van der Waals surface area contributed by atoms with Gasteiger partial charge in [-0.3, -0.25) is 4.79 Å². The highest BCUT2D eigenvalue weighted by atomic mass is 32.1. The second-order valence-electron chi connectivity index (χ2n) is 6.36. The van der Waals surface area contributed by atoms with Gasteiger partial charge in [0.2, 0.25) is 5.95 Å². The van der Waals surface area contributed by atoms with Gasteiger partial charge in [-0.1, -0.05) is 0 Å². The SMILES string of the molecule is N#Cc1ccsc1C(=O)N1CCO[C@@H](c2ccnc(N3CCCC3)n2)C1. The van der Waals surface area contributed by atoms with Gasteiger partial charge in [-0.15, -0.1) is 11.3 Å². The molecule has 0 saturated carbocycles. The molecule has 1 amide bonds. The lowest BCUT2D eigenvalue weighted by atomic mass is 10.2. The first-order valence-corrected chi connectivity index (χ1v) is 9.60. The summed E-state index contributed by atoms with van der Waals surface area (Å²) in [6.45, 7) is 3.36. The largest absolute Gasteiger partial charge is 0.368 e. The number of thiophene rings is 1. The Morgan fingerprint density at radius 2 is 2.15 bits per heavy atom. The maximum absolute atomic E-state index is 12.8. The van der Waals surface area contributed by atoms with Crippen molar-refractivity contribution in [1.82, 2.24) is 14.9 Å². The van der Waals surface area contributed by atoms with Crippen LogP contribution in [0.1, 0.15) is 39.9 Å². The fourth-order valence-electron chi connectivity index (χ4n) is 3.33. The van der Waals surface area contributed by atoms with Crippen LogP contribution in [0.3, 0.4) is 0 Å². The van der Waals surface area contributed by atoms with Crippen LogP contribution in [0, 0.1) is 11.3 Å². The summed E-state index contributed by atoms with van der Waals surface area (Å²) in [4.78, 5) is 26.3. The minimum atomic E-state index is -0.275. The van der Waals surface area contributed by atoms with E-state index in [2.05, 4.69) is 20.9 Å². The maximum Gasteiger partial charge on any atom is 0.265 e. The van der Waals surface area contributed by atoms with Crippen molar-refractivity contribution in [3.05, 3.63) is 39.8 Å². The summed E-state index contributed by atoms with van der Waals surface area (Å²) in [5.74, 6) is 0.621. The Bertz CT molecular complexity index is 840. The molecular weight excluding hydrogens is 350 g/mol. The van der Waals surface area contributed by atoms with Crippen molar-refractivity contribution >= 4 is 23.2 Å². The number of carbonyl (C=O) groups is 1. The van der Waals surface area contributed by atoms with Gasteiger partial charge >= 0.3 is 0 Å². The maximum atomic E-state index is 12.8. The monoisotopic (exact) mass is 369 g/mol. The summed E-state index contributed by atoms with van der Waals surface area (Å²) in [7, 11) is 0. The molecule has 2 aromatic heterocycles. The van der Waals surface area contributed by atoms with Gasteiger partial charge < -0.3 is 14.5 Å². The fraction of sp³-hybridized carbons (Fsp3) is 0.444. The van der Waals surface area contributed by atoms with Crippen molar-refractivity contribution in [2.24, 2.45) is 0 Å². The van der Waals surface area contributed by atoms with Gasteiger partial charge in [0.1, 0.15) is 17.1 Å². The third-order valence-corrected chi connectivity index (χ3v) is 5.62. The Morgan fingerprint density at radius 1 is 1.31 bits per heavy atom. The Morgan fingerprint density at radius 3 is 2.96 bits per heavy atom. The minimum Gasteiger partial charge on any atom is -0.368 e. The molecule has 4 rings (SSSR count). The molecule has 0 bridgehead atoms. The number of rotatable bonds is 3. The Labute approximate surface area is 155 Å². The number of nitrogens with zero attached hydrogens (tertiary/aromatic N) is 5. The zero-order chi connectivity index (χ0) is 17.9. The molecular formula is C18H19N5O2S. The molecule has 2 aliphatic heterocycles. The van der Waals surface area contributed by atoms with E-state index in [0.29, 0.717) is 30.1 Å². The van der Waals surface area contributed by atoms with Crippen molar-refractivity contribution in [2.45, 2.75) is 18.9 Å². The Hall–Kier alpha value is -2.50. The molecule has 1 atom stereocenters. The van der Waals surface area contributed by atoms with Gasteiger partial charge in [0, 0.05) is 25.8 Å². The second kappa shape index (κ2) is 7.40. The zero-order valence-electron chi connectivity index (χ0n) is 14.3. The average molecular weight is 369 g/mol. The highest BCUT2D eigenvalue weighted by Gasteiger charge is 2.29. The number of anilines is 1. The van der Waals surface area contributed by atoms with Gasteiger partial charge in [0.15, 0.2) is 0 Å². The van der Waals surface area contributed by atoms with Gasteiger partial charge in [-0.25, -0.2) is 9.97 Å². The van der Waals surface area contributed by atoms with Crippen LogP contribution in [0.25, 0.3) is 0 Å². The van der Waals surface area contributed by atoms with E-state index in [4.69, 9.17) is 10.00 Å². The molecule has 2 aromatic rings. The summed E-state index contributed by atoms with van der Waals surface area (Å²) < 4.78 is 5.87. The van der Waals surface area contributed by atoms with E-state index in [1.165, 1.54) is 11.3 Å². The van der Waals surface area contributed by atoms with E-state index in [1.807, 2.05) is 6.07 Å². The van der Waals surface area contributed by atoms with Crippen LogP contribution in [-0.4, -0.2) is 53.6 Å². The summed E-state index contributed by atoms with van der Waals surface area (Å²) in [6, 6.07) is 5.62. The number of nitriles is 1. The Balaban J connectivity index is 1.51. The van der Waals surface area contributed by atoms with Crippen LogP contribution in [0.5, 0.6) is 0 Å². The quantitative estimate of drug-likeness (QED) is 0.825. The van der Waals surface area contributed by atoms with E-state index in [-0.39, 0.29) is 12.0 Å². The van der Waals surface area contributed by atoms with E-state index in [1.54, 1.807) is 22.5 Å². The fourth-order valence-corrected chi connectivity index (χ4v) is 4.14. The van der Waals surface area contributed by atoms with Crippen molar-refractivity contribution < 1.29 is 9.53 Å². The summed E-state index contributed by atoms with van der Waals surface area (Å²) in [5, 5.41) is 10.9. The first kappa shape index (κ1) is 16.9. The summed E-state index contributed by atoms with van der Waals surface area (Å²) >= 11 is 1.31. The Kier molecular flexibility index (Phi) is 4.82. The predicted octanol–water partition coefficient (Wildman–Crippen LogP) is 2.22. The first-order valence-electron chi connectivity index (χ1n) is 8.72. The molecule has 0 radical (unpaired) electrons. The van der Waals surface area contributed by atoms with Crippen LogP contribution >= 0.6 is 11.3 Å². The second-order valence-corrected chi connectivity index (χ2v) is 7.28. The van der Waals surface area contributed by atoms with Crippen molar-refractivity contribution in [3.8, 4) is 6.07 Å². The van der Waals surface area contributed by atoms with Crippen LogP contribution in [0.15, 0.2) is 23.7 Å². The highest BCUT2D eigenvalue weighted by molar-refractivity contribution is 7.12. The lowest BCUT2D eigenvalue weighted by molar-refractivity contribution is -0.0245. The highest BCUT2D eigenvalue weighted by Crippen LogP contribution is 2.26. The molecule has 4 heterocycles. The van der Waals surface area contributed by atoms with Gasteiger partial charge in [0.05, 0.1) is 24.4 Å². The summed E-state index contributed by atoms with van der Waals surface area (Å²) in [5.41, 5.74) is 1.23. The number of ether oxygens (including phenoxy) is 1. The predicted molar refractivity (Wildman–Crippen MR) is 97.1 cm³/mol. The van der Waals surface area contributed by atoms with Crippen LogP contribution in [0.2, 0.25) is 0 Å². The van der Waals surface area contributed by atoms with Crippen molar-refractivity contribution in [2.75, 3.05) is 37.7 Å². The number of aromatic nitrogens is 2. The van der Waals surface area contributed by atoms with E-state index < -0.39 is 0 Å². The van der Waals surface area contributed by atoms with E-state index in [0.717, 1.165) is 37.6 Å². The normalized spacial score (nSPS) is 20.2. The van der Waals surface area contributed by atoms with Crippen LogP contribution < -0.4 is 4.90 Å². The number of hydrogen-bond donors (Lipinski definition) is 0.